The van der Waals surface area contributed by atoms with E-state index in [1.807, 2.05) is 0 Å². The molecule has 2 aliphatic heterocycles. The van der Waals surface area contributed by atoms with Crippen molar-refractivity contribution in [1.82, 2.24) is 10.2 Å². The van der Waals surface area contributed by atoms with Crippen molar-refractivity contribution >= 4 is 35.4 Å². The van der Waals surface area contributed by atoms with Gasteiger partial charge >= 0.3 is 11.9 Å². The standard InChI is InChI=1S/C25H36N2O10/c1-15-20(14-35-17(3)29)37-25(23(26-16(2)28)24(15)36-18(4)30)34-13-6-5-8-19(31)9-7-12-27-21(32)10-11-22(27)33/h10-11,15,20,23-25H,5-9,12-14H2,1-4H3,(H,26,28)/t15-,20+,23+,24-,25+/m0/s1. The van der Waals surface area contributed by atoms with E-state index in [1.165, 1.54) is 32.9 Å². The summed E-state index contributed by atoms with van der Waals surface area (Å²) in [7, 11) is 0. The smallest absolute Gasteiger partial charge is 0.302 e. The fraction of sp³-hybridized carbons (Fsp3) is 0.680. The molecule has 2 heterocycles. The van der Waals surface area contributed by atoms with Gasteiger partial charge in [-0.1, -0.05) is 6.92 Å². The summed E-state index contributed by atoms with van der Waals surface area (Å²) in [5, 5.41) is 2.73. The number of esters is 2. The lowest BCUT2D eigenvalue weighted by Gasteiger charge is -2.44. The molecule has 12 heteroatoms. The SMILES string of the molecule is CC(=O)N[C@H]1[C@H](OCCCCC(=O)CCCN2C(=O)C=CC2=O)O[C@H](COC(C)=O)[C@H](C)[C@@H]1OC(C)=O. The van der Waals surface area contributed by atoms with E-state index in [-0.39, 0.29) is 49.7 Å². The monoisotopic (exact) mass is 524 g/mol. The molecule has 0 aliphatic carbocycles. The van der Waals surface area contributed by atoms with E-state index >= 15 is 0 Å². The summed E-state index contributed by atoms with van der Waals surface area (Å²) in [6.07, 6.45) is 2.09. The number of carbonyl (C=O) groups excluding carboxylic acids is 6. The van der Waals surface area contributed by atoms with Crippen LogP contribution in [0, 0.1) is 5.92 Å². The van der Waals surface area contributed by atoms with Crippen LogP contribution in [0.4, 0.5) is 0 Å². The summed E-state index contributed by atoms with van der Waals surface area (Å²) in [4.78, 5) is 71.2. The summed E-state index contributed by atoms with van der Waals surface area (Å²) in [5.74, 6) is -2.49. The number of nitrogens with one attached hydrogen (secondary N) is 1. The molecular weight excluding hydrogens is 488 g/mol. The summed E-state index contributed by atoms with van der Waals surface area (Å²) in [6.45, 7) is 5.98. The maximum Gasteiger partial charge on any atom is 0.302 e. The maximum atomic E-state index is 12.2. The molecule has 0 spiro atoms. The highest BCUT2D eigenvalue weighted by atomic mass is 16.7. The average Bonchev–Trinajstić information content (AvgIpc) is 3.13. The Balaban J connectivity index is 1.84. The van der Waals surface area contributed by atoms with E-state index in [0.717, 1.165) is 4.90 Å². The van der Waals surface area contributed by atoms with Crippen LogP contribution in [0.3, 0.4) is 0 Å². The quantitative estimate of drug-likeness (QED) is 0.196. The van der Waals surface area contributed by atoms with Crippen molar-refractivity contribution in [3.63, 3.8) is 0 Å². The number of ether oxygens (including phenoxy) is 4. The Kier molecular flexibility index (Phi) is 11.9. The number of rotatable bonds is 14. The van der Waals surface area contributed by atoms with E-state index in [2.05, 4.69) is 5.32 Å². The number of amides is 3. The first-order valence-electron chi connectivity index (χ1n) is 12.4. The molecule has 5 atom stereocenters. The zero-order valence-corrected chi connectivity index (χ0v) is 21.7. The Morgan fingerprint density at radius 2 is 1.62 bits per heavy atom. The average molecular weight is 525 g/mol. The molecule has 0 radical (unpaired) electrons. The van der Waals surface area contributed by atoms with Crippen molar-refractivity contribution in [2.45, 2.75) is 84.3 Å². The van der Waals surface area contributed by atoms with Crippen LogP contribution in [0.1, 0.15) is 59.8 Å². The van der Waals surface area contributed by atoms with Crippen LogP contribution in [0.15, 0.2) is 12.2 Å². The van der Waals surface area contributed by atoms with E-state index in [1.54, 1.807) is 6.92 Å². The number of hydrogen-bond acceptors (Lipinski definition) is 10. The first kappa shape index (κ1) is 30.1. The van der Waals surface area contributed by atoms with Gasteiger partial charge in [0.05, 0.1) is 0 Å². The van der Waals surface area contributed by atoms with Crippen molar-refractivity contribution in [2.24, 2.45) is 5.92 Å². The first-order valence-corrected chi connectivity index (χ1v) is 12.4. The number of ketones is 1. The van der Waals surface area contributed by atoms with Gasteiger partial charge in [0.15, 0.2) is 6.29 Å². The summed E-state index contributed by atoms with van der Waals surface area (Å²) in [5.41, 5.74) is 0. The molecule has 1 fully saturated rings. The predicted molar refractivity (Wildman–Crippen MR) is 128 cm³/mol. The van der Waals surface area contributed by atoms with Gasteiger partial charge in [0, 0.05) is 64.8 Å². The number of imide groups is 1. The molecule has 0 saturated carbocycles. The molecule has 12 nitrogen and oxygen atoms in total. The lowest BCUT2D eigenvalue weighted by molar-refractivity contribution is -0.260. The Bertz CT molecular complexity index is 884. The minimum Gasteiger partial charge on any atom is -0.463 e. The highest BCUT2D eigenvalue weighted by Crippen LogP contribution is 2.30. The van der Waals surface area contributed by atoms with Crippen LogP contribution in [-0.2, 0) is 47.7 Å². The normalized spacial score (nSPS) is 25.2. The van der Waals surface area contributed by atoms with Crippen LogP contribution in [0.2, 0.25) is 0 Å². The fourth-order valence-corrected chi connectivity index (χ4v) is 4.20. The maximum absolute atomic E-state index is 12.2. The van der Waals surface area contributed by atoms with Crippen molar-refractivity contribution in [1.29, 1.82) is 0 Å². The number of Topliss-reactive ketones (excluding diaryl/α,β-unsaturated/α-hetero) is 1. The summed E-state index contributed by atoms with van der Waals surface area (Å²) < 4.78 is 22.4. The second-order valence-corrected chi connectivity index (χ2v) is 9.14. The molecule has 37 heavy (non-hydrogen) atoms. The van der Waals surface area contributed by atoms with Crippen LogP contribution < -0.4 is 5.32 Å². The Hall–Kier alpha value is -3.12. The molecule has 0 aromatic rings. The van der Waals surface area contributed by atoms with Gasteiger partial charge in [-0.3, -0.25) is 33.7 Å². The van der Waals surface area contributed by atoms with E-state index in [4.69, 9.17) is 18.9 Å². The molecule has 0 aromatic heterocycles. The molecule has 1 saturated heterocycles. The third kappa shape index (κ3) is 9.69. The highest BCUT2D eigenvalue weighted by Gasteiger charge is 2.47. The van der Waals surface area contributed by atoms with Crippen LogP contribution in [-0.4, -0.2) is 84.6 Å². The predicted octanol–water partition coefficient (Wildman–Crippen LogP) is 0.808. The van der Waals surface area contributed by atoms with Crippen LogP contribution >= 0.6 is 0 Å². The zero-order valence-electron chi connectivity index (χ0n) is 21.7. The van der Waals surface area contributed by atoms with Crippen molar-refractivity contribution in [2.75, 3.05) is 19.8 Å². The van der Waals surface area contributed by atoms with E-state index in [9.17, 15) is 28.8 Å². The minimum absolute atomic E-state index is 0.0160. The number of hydrogen-bond donors (Lipinski definition) is 1. The van der Waals surface area contributed by atoms with Gasteiger partial charge in [-0.05, 0) is 19.3 Å². The first-order chi connectivity index (χ1) is 17.5. The molecule has 1 N–H and O–H groups in total. The van der Waals surface area contributed by atoms with Crippen molar-refractivity contribution in [3.05, 3.63) is 12.2 Å². The Morgan fingerprint density at radius 1 is 0.973 bits per heavy atom. The lowest BCUT2D eigenvalue weighted by atomic mass is 9.89. The largest absolute Gasteiger partial charge is 0.463 e. The lowest BCUT2D eigenvalue weighted by Crippen LogP contribution is -2.63. The van der Waals surface area contributed by atoms with Crippen LogP contribution in [0.25, 0.3) is 0 Å². The molecule has 2 aliphatic rings. The summed E-state index contributed by atoms with van der Waals surface area (Å²) >= 11 is 0. The van der Waals surface area contributed by atoms with E-state index < -0.39 is 42.4 Å². The van der Waals surface area contributed by atoms with Gasteiger partial charge in [0.25, 0.3) is 11.8 Å². The van der Waals surface area contributed by atoms with Gasteiger partial charge in [0.2, 0.25) is 5.91 Å². The molecule has 2 rings (SSSR count). The number of unbranched alkanes of at least 4 members (excludes halogenated alkanes) is 1. The van der Waals surface area contributed by atoms with Gasteiger partial charge < -0.3 is 24.3 Å². The number of nitrogens with zero attached hydrogens (tertiary/aromatic N) is 1. The van der Waals surface area contributed by atoms with Gasteiger partial charge in [-0.15, -0.1) is 0 Å². The Labute approximate surface area is 216 Å². The van der Waals surface area contributed by atoms with E-state index in [0.29, 0.717) is 25.7 Å². The molecule has 206 valence electrons. The van der Waals surface area contributed by atoms with Gasteiger partial charge in [-0.2, -0.15) is 0 Å². The summed E-state index contributed by atoms with van der Waals surface area (Å²) in [6, 6.07) is -0.780. The highest BCUT2D eigenvalue weighted by molar-refractivity contribution is 6.12. The Morgan fingerprint density at radius 3 is 2.22 bits per heavy atom. The van der Waals surface area contributed by atoms with Crippen molar-refractivity contribution in [3.8, 4) is 0 Å². The molecule has 3 amide bonds. The molecule has 0 bridgehead atoms. The fourth-order valence-electron chi connectivity index (χ4n) is 4.20. The molecule has 0 unspecified atom stereocenters. The third-order valence-corrected chi connectivity index (χ3v) is 6.05. The second kappa shape index (κ2) is 14.6. The third-order valence-electron chi connectivity index (χ3n) is 6.05. The van der Waals surface area contributed by atoms with Crippen LogP contribution in [0.5, 0.6) is 0 Å². The number of carbonyl (C=O) groups is 6. The molecular formula is C25H36N2O10. The zero-order chi connectivity index (χ0) is 27.5. The molecule has 0 aromatic carbocycles. The minimum atomic E-state index is -0.968. The van der Waals surface area contributed by atoms with Gasteiger partial charge in [-0.25, -0.2) is 0 Å². The second-order valence-electron chi connectivity index (χ2n) is 9.14. The topological polar surface area (TPSA) is 155 Å². The van der Waals surface area contributed by atoms with Gasteiger partial charge in [0.1, 0.15) is 30.6 Å². The van der Waals surface area contributed by atoms with Crippen molar-refractivity contribution < 1.29 is 47.7 Å².